The monoisotopic (exact) mass is 320 g/mol. The Labute approximate surface area is 128 Å². The van der Waals surface area contributed by atoms with Crippen LogP contribution in [0, 0.1) is 0 Å². The largest absolute Gasteiger partial charge is 0.489 e. The summed E-state index contributed by atoms with van der Waals surface area (Å²) in [4.78, 5) is 0. The van der Waals surface area contributed by atoms with Crippen molar-refractivity contribution in [3.05, 3.63) is 28.2 Å². The summed E-state index contributed by atoms with van der Waals surface area (Å²) in [5.74, 6) is 0.501. The van der Waals surface area contributed by atoms with Crippen molar-refractivity contribution < 1.29 is 19.3 Å². The molecule has 6 heteroatoms. The number of benzene rings is 1. The number of aliphatic hydroxyl groups is 1. The van der Waals surface area contributed by atoms with E-state index in [1.165, 1.54) is 0 Å². The summed E-state index contributed by atoms with van der Waals surface area (Å²) in [5, 5.41) is 10.8. The highest BCUT2D eigenvalue weighted by molar-refractivity contribution is 6.35. The molecule has 0 spiro atoms. The van der Waals surface area contributed by atoms with E-state index in [9.17, 15) is 5.11 Å². The summed E-state index contributed by atoms with van der Waals surface area (Å²) >= 11 is 11.8. The van der Waals surface area contributed by atoms with Gasteiger partial charge in [-0.1, -0.05) is 23.2 Å². The van der Waals surface area contributed by atoms with Crippen LogP contribution in [0.2, 0.25) is 10.0 Å². The SMILES string of the molecule is OC(COc1ccc(Cl)cc1Cl)COC1CCOCC1. The normalized spacial score (nSPS) is 17.9. The fraction of sp³-hybridized carbons (Fsp3) is 0.571. The molecule has 112 valence electrons. The lowest BCUT2D eigenvalue weighted by molar-refractivity contribution is -0.0659. The van der Waals surface area contributed by atoms with E-state index in [0.29, 0.717) is 15.8 Å². The van der Waals surface area contributed by atoms with E-state index >= 15 is 0 Å². The molecule has 1 aromatic rings. The lowest BCUT2D eigenvalue weighted by Gasteiger charge is -2.23. The van der Waals surface area contributed by atoms with Crippen molar-refractivity contribution in [2.75, 3.05) is 26.4 Å². The predicted molar refractivity (Wildman–Crippen MR) is 77.8 cm³/mol. The fourth-order valence-corrected chi connectivity index (χ4v) is 2.38. The standard InChI is InChI=1S/C14H18Cl2O4/c15-10-1-2-14(13(16)7-10)20-9-11(17)8-19-12-3-5-18-6-4-12/h1-2,7,11-12,17H,3-6,8-9H2. The molecule has 1 aliphatic rings. The highest BCUT2D eigenvalue weighted by atomic mass is 35.5. The minimum atomic E-state index is -0.690. The summed E-state index contributed by atoms with van der Waals surface area (Å²) in [7, 11) is 0. The van der Waals surface area contributed by atoms with Crippen molar-refractivity contribution in [3.8, 4) is 5.75 Å². The lowest BCUT2D eigenvalue weighted by Crippen LogP contribution is -2.30. The zero-order valence-corrected chi connectivity index (χ0v) is 12.6. The molecule has 2 rings (SSSR count). The second-order valence-corrected chi connectivity index (χ2v) is 5.53. The Bertz CT molecular complexity index is 422. The van der Waals surface area contributed by atoms with Crippen molar-refractivity contribution in [1.29, 1.82) is 0 Å². The average Bonchev–Trinajstić information content (AvgIpc) is 2.45. The summed E-state index contributed by atoms with van der Waals surface area (Å²) < 4.78 is 16.3. The third kappa shape index (κ3) is 5.11. The van der Waals surface area contributed by atoms with E-state index in [0.717, 1.165) is 26.1 Å². The number of rotatable bonds is 6. The van der Waals surface area contributed by atoms with Gasteiger partial charge in [-0.2, -0.15) is 0 Å². The smallest absolute Gasteiger partial charge is 0.138 e. The Kier molecular flexibility index (Phi) is 6.39. The minimum Gasteiger partial charge on any atom is -0.489 e. The molecule has 0 aliphatic carbocycles. The quantitative estimate of drug-likeness (QED) is 0.875. The topological polar surface area (TPSA) is 47.9 Å². The van der Waals surface area contributed by atoms with Crippen LogP contribution in [0.3, 0.4) is 0 Å². The first-order valence-electron chi connectivity index (χ1n) is 6.60. The van der Waals surface area contributed by atoms with Gasteiger partial charge < -0.3 is 19.3 Å². The highest BCUT2D eigenvalue weighted by Gasteiger charge is 2.16. The number of hydrogen-bond acceptors (Lipinski definition) is 4. The Balaban J connectivity index is 1.70. The molecule has 1 heterocycles. The molecule has 0 bridgehead atoms. The van der Waals surface area contributed by atoms with E-state index in [4.69, 9.17) is 37.4 Å². The zero-order chi connectivity index (χ0) is 14.4. The van der Waals surface area contributed by atoms with Crippen LogP contribution in [-0.2, 0) is 9.47 Å². The van der Waals surface area contributed by atoms with E-state index in [1.54, 1.807) is 18.2 Å². The summed E-state index contributed by atoms with van der Waals surface area (Å²) in [6, 6.07) is 4.97. The maximum absolute atomic E-state index is 9.84. The van der Waals surface area contributed by atoms with Crippen LogP contribution in [0.1, 0.15) is 12.8 Å². The van der Waals surface area contributed by atoms with Crippen molar-refractivity contribution >= 4 is 23.2 Å². The molecule has 1 N–H and O–H groups in total. The van der Waals surface area contributed by atoms with Crippen LogP contribution in [0.15, 0.2) is 18.2 Å². The summed E-state index contributed by atoms with van der Waals surface area (Å²) in [6.45, 7) is 1.82. The van der Waals surface area contributed by atoms with Crippen LogP contribution in [-0.4, -0.2) is 43.7 Å². The second kappa shape index (κ2) is 8.05. The number of ether oxygens (including phenoxy) is 3. The summed E-state index contributed by atoms with van der Waals surface area (Å²) in [5.41, 5.74) is 0. The van der Waals surface area contributed by atoms with E-state index in [1.807, 2.05) is 0 Å². The summed E-state index contributed by atoms with van der Waals surface area (Å²) in [6.07, 6.45) is 1.22. The molecular weight excluding hydrogens is 303 g/mol. The van der Waals surface area contributed by atoms with Gasteiger partial charge in [-0.15, -0.1) is 0 Å². The number of hydrogen-bond donors (Lipinski definition) is 1. The number of aliphatic hydroxyl groups excluding tert-OH is 1. The molecule has 0 saturated carbocycles. The Morgan fingerprint density at radius 1 is 1.25 bits per heavy atom. The van der Waals surface area contributed by atoms with Crippen LogP contribution < -0.4 is 4.74 Å². The maximum atomic E-state index is 9.84. The first-order valence-corrected chi connectivity index (χ1v) is 7.36. The molecular formula is C14H18Cl2O4. The van der Waals surface area contributed by atoms with E-state index < -0.39 is 6.10 Å². The van der Waals surface area contributed by atoms with Gasteiger partial charge >= 0.3 is 0 Å². The van der Waals surface area contributed by atoms with Gasteiger partial charge in [0.05, 0.1) is 17.7 Å². The molecule has 1 aromatic carbocycles. The van der Waals surface area contributed by atoms with Gasteiger partial charge in [0, 0.05) is 18.2 Å². The number of halogens is 2. The van der Waals surface area contributed by atoms with Gasteiger partial charge in [-0.25, -0.2) is 0 Å². The van der Waals surface area contributed by atoms with E-state index in [-0.39, 0.29) is 19.3 Å². The zero-order valence-electron chi connectivity index (χ0n) is 11.1. The third-order valence-electron chi connectivity index (χ3n) is 3.02. The first kappa shape index (κ1) is 15.9. The predicted octanol–water partition coefficient (Wildman–Crippen LogP) is 2.93. The molecule has 4 nitrogen and oxygen atoms in total. The van der Waals surface area contributed by atoms with Gasteiger partial charge in [0.15, 0.2) is 0 Å². The van der Waals surface area contributed by atoms with E-state index in [2.05, 4.69) is 0 Å². The molecule has 0 amide bonds. The molecule has 1 unspecified atom stereocenters. The van der Waals surface area contributed by atoms with Crippen LogP contribution in [0.5, 0.6) is 5.75 Å². The van der Waals surface area contributed by atoms with Crippen LogP contribution in [0.25, 0.3) is 0 Å². The molecule has 1 fully saturated rings. The molecule has 20 heavy (non-hydrogen) atoms. The highest BCUT2D eigenvalue weighted by Crippen LogP contribution is 2.27. The molecule has 1 aliphatic heterocycles. The molecule has 1 saturated heterocycles. The van der Waals surface area contributed by atoms with Gasteiger partial charge in [0.2, 0.25) is 0 Å². The molecule has 0 aromatic heterocycles. The van der Waals surface area contributed by atoms with Crippen molar-refractivity contribution in [1.82, 2.24) is 0 Å². The maximum Gasteiger partial charge on any atom is 0.138 e. The van der Waals surface area contributed by atoms with Crippen molar-refractivity contribution in [3.63, 3.8) is 0 Å². The fourth-order valence-electron chi connectivity index (χ4n) is 1.92. The van der Waals surface area contributed by atoms with Crippen molar-refractivity contribution in [2.45, 2.75) is 25.0 Å². The minimum absolute atomic E-state index is 0.130. The van der Waals surface area contributed by atoms with Gasteiger partial charge in [0.25, 0.3) is 0 Å². The molecule has 0 radical (unpaired) electrons. The van der Waals surface area contributed by atoms with Crippen molar-refractivity contribution in [2.24, 2.45) is 0 Å². The van der Waals surface area contributed by atoms with Gasteiger partial charge in [-0.3, -0.25) is 0 Å². The lowest BCUT2D eigenvalue weighted by atomic mass is 10.1. The van der Waals surface area contributed by atoms with Gasteiger partial charge in [-0.05, 0) is 31.0 Å². The second-order valence-electron chi connectivity index (χ2n) is 4.68. The Morgan fingerprint density at radius 2 is 2.00 bits per heavy atom. The first-order chi connectivity index (χ1) is 9.65. The van der Waals surface area contributed by atoms with Crippen LogP contribution >= 0.6 is 23.2 Å². The average molecular weight is 321 g/mol. The Hall–Kier alpha value is -0.520. The molecule has 1 atom stereocenters. The van der Waals surface area contributed by atoms with Gasteiger partial charge in [0.1, 0.15) is 18.5 Å². The van der Waals surface area contributed by atoms with Crippen LogP contribution in [0.4, 0.5) is 0 Å². The third-order valence-corrected chi connectivity index (χ3v) is 3.55. The Morgan fingerprint density at radius 3 is 2.70 bits per heavy atom.